The van der Waals surface area contributed by atoms with E-state index in [9.17, 15) is 5.26 Å². The Hall–Kier alpha value is -8.00. The van der Waals surface area contributed by atoms with Crippen LogP contribution in [-0.2, 0) is 0 Å². The molecule has 4 heteroatoms. The van der Waals surface area contributed by atoms with Crippen LogP contribution < -0.4 is 0 Å². The Morgan fingerprint density at radius 3 is 1.55 bits per heavy atom. The molecule has 0 atom stereocenters. The van der Waals surface area contributed by atoms with Crippen LogP contribution in [0.4, 0.5) is 0 Å². The van der Waals surface area contributed by atoms with Gasteiger partial charge >= 0.3 is 0 Å². The lowest BCUT2D eigenvalue weighted by Gasteiger charge is -2.11. The molecule has 4 nitrogen and oxygen atoms in total. The summed E-state index contributed by atoms with van der Waals surface area (Å²) in [5.41, 5.74) is 15.0. The van der Waals surface area contributed by atoms with Gasteiger partial charge < -0.3 is 0 Å². The van der Waals surface area contributed by atoms with E-state index in [0.717, 1.165) is 94.3 Å². The zero-order valence-corrected chi connectivity index (χ0v) is 31.4. The van der Waals surface area contributed by atoms with Crippen molar-refractivity contribution in [3.8, 4) is 84.5 Å². The second-order valence-corrected chi connectivity index (χ2v) is 14.4. The van der Waals surface area contributed by atoms with Crippen molar-refractivity contribution < 1.29 is 0 Å². The topological polar surface area (TPSA) is 62.5 Å². The van der Waals surface area contributed by atoms with Gasteiger partial charge in [0.1, 0.15) is 0 Å². The lowest BCUT2D eigenvalue weighted by molar-refractivity contribution is 1.18. The van der Waals surface area contributed by atoms with Crippen LogP contribution >= 0.6 is 0 Å². The molecule has 0 aliphatic heterocycles. The second kappa shape index (κ2) is 14.9. The van der Waals surface area contributed by atoms with E-state index in [1.54, 1.807) is 0 Å². The average Bonchev–Trinajstić information content (AvgIpc) is 3.31. The van der Waals surface area contributed by atoms with Crippen LogP contribution in [0.25, 0.3) is 100 Å². The summed E-state index contributed by atoms with van der Waals surface area (Å²) in [7, 11) is 0. The fourth-order valence-electron chi connectivity index (χ4n) is 7.71. The van der Waals surface area contributed by atoms with Crippen molar-refractivity contribution in [2.24, 2.45) is 0 Å². The molecule has 0 amide bonds. The molecule has 58 heavy (non-hydrogen) atoms. The Balaban J connectivity index is 0.956. The first kappa shape index (κ1) is 34.5. The highest BCUT2D eigenvalue weighted by molar-refractivity contribution is 5.94. The first-order chi connectivity index (χ1) is 28.6. The first-order valence-electron chi connectivity index (χ1n) is 19.3. The molecule has 270 valence electrons. The molecule has 10 aromatic rings. The Labute approximate surface area is 337 Å². The van der Waals surface area contributed by atoms with Gasteiger partial charge in [0.15, 0.2) is 5.82 Å². The Bertz CT molecular complexity index is 3090. The van der Waals surface area contributed by atoms with E-state index in [2.05, 4.69) is 145 Å². The van der Waals surface area contributed by atoms with Crippen molar-refractivity contribution in [3.05, 3.63) is 212 Å². The van der Waals surface area contributed by atoms with Gasteiger partial charge in [0, 0.05) is 33.8 Å². The average molecular weight is 739 g/mol. The molecule has 0 spiro atoms. The number of rotatable bonds is 7. The van der Waals surface area contributed by atoms with Gasteiger partial charge in [-0.05, 0) is 92.2 Å². The summed E-state index contributed by atoms with van der Waals surface area (Å²) < 4.78 is 0. The molecule has 8 aromatic carbocycles. The molecule has 0 aliphatic carbocycles. The maximum Gasteiger partial charge on any atom is 0.160 e. The van der Waals surface area contributed by atoms with Gasteiger partial charge in [-0.15, -0.1) is 0 Å². The molecule has 0 saturated carbocycles. The van der Waals surface area contributed by atoms with Crippen molar-refractivity contribution >= 4 is 21.7 Å². The Morgan fingerprint density at radius 2 is 0.879 bits per heavy atom. The van der Waals surface area contributed by atoms with Gasteiger partial charge in [-0.25, -0.2) is 9.97 Å². The number of hydrogen-bond acceptors (Lipinski definition) is 4. The van der Waals surface area contributed by atoms with E-state index >= 15 is 0 Å². The van der Waals surface area contributed by atoms with Crippen LogP contribution in [-0.4, -0.2) is 15.0 Å². The zero-order valence-electron chi connectivity index (χ0n) is 31.4. The molecule has 0 fully saturated rings. The SMILES string of the molecule is N#Cc1cc(-c2ccc(-c3cccc4cccnc34)cc2)cc(-c2ccc3ccc(-c4ccc(-c5cc(-c6ccccc6)nc(-c6ccccc6)n5)cc4)cc3c2)c1. The van der Waals surface area contributed by atoms with Crippen molar-refractivity contribution in [3.63, 3.8) is 0 Å². The summed E-state index contributed by atoms with van der Waals surface area (Å²) in [6.07, 6.45) is 1.84. The van der Waals surface area contributed by atoms with E-state index in [4.69, 9.17) is 9.97 Å². The molecule has 0 saturated heterocycles. The molecular formula is C54H34N4. The predicted molar refractivity (Wildman–Crippen MR) is 238 cm³/mol. The molecule has 2 heterocycles. The molecule has 10 rings (SSSR count). The minimum Gasteiger partial charge on any atom is -0.256 e. The number of benzene rings is 8. The zero-order chi connectivity index (χ0) is 38.8. The van der Waals surface area contributed by atoms with Crippen LogP contribution in [0.1, 0.15) is 5.56 Å². The third kappa shape index (κ3) is 6.79. The highest BCUT2D eigenvalue weighted by Crippen LogP contribution is 2.35. The fraction of sp³-hybridized carbons (Fsp3) is 0. The summed E-state index contributed by atoms with van der Waals surface area (Å²) in [4.78, 5) is 14.6. The van der Waals surface area contributed by atoms with Crippen LogP contribution in [0.3, 0.4) is 0 Å². The first-order valence-corrected chi connectivity index (χ1v) is 19.3. The fourth-order valence-corrected chi connectivity index (χ4v) is 7.71. The number of pyridine rings is 1. The van der Waals surface area contributed by atoms with Gasteiger partial charge in [-0.2, -0.15) is 5.26 Å². The molecule has 0 bridgehead atoms. The summed E-state index contributed by atoms with van der Waals surface area (Å²) in [6, 6.07) is 71.6. The summed E-state index contributed by atoms with van der Waals surface area (Å²) in [5, 5.41) is 13.5. The normalized spacial score (nSPS) is 11.1. The second-order valence-electron chi connectivity index (χ2n) is 14.4. The van der Waals surface area contributed by atoms with Crippen LogP contribution in [0.15, 0.2) is 206 Å². The Morgan fingerprint density at radius 1 is 0.345 bits per heavy atom. The number of aromatic nitrogens is 3. The Kier molecular flexibility index (Phi) is 8.87. The number of hydrogen-bond donors (Lipinski definition) is 0. The molecule has 2 aromatic heterocycles. The van der Waals surface area contributed by atoms with Gasteiger partial charge in [0.25, 0.3) is 0 Å². The maximum absolute atomic E-state index is 10.1. The van der Waals surface area contributed by atoms with Crippen molar-refractivity contribution in [1.82, 2.24) is 15.0 Å². The lowest BCUT2D eigenvalue weighted by atomic mass is 9.93. The minimum absolute atomic E-state index is 0.624. The lowest BCUT2D eigenvalue weighted by Crippen LogP contribution is -1.95. The monoisotopic (exact) mass is 738 g/mol. The van der Waals surface area contributed by atoms with E-state index in [-0.39, 0.29) is 0 Å². The molecule has 0 aliphatic rings. The summed E-state index contributed by atoms with van der Waals surface area (Å²) in [6.45, 7) is 0. The molecular weight excluding hydrogens is 705 g/mol. The highest BCUT2D eigenvalue weighted by atomic mass is 14.9. The third-order valence-corrected chi connectivity index (χ3v) is 10.7. The standard InChI is InChI=1S/C54H34N4/c55-35-36-29-47(38-16-22-40(23-17-38)50-15-7-13-43-14-8-28-56-53(43)50)33-48(30-36)46-27-21-39-20-26-45(31-49(39)32-46)37-18-24-42(25-19-37)52-34-51(41-9-3-1-4-10-41)57-54(58-52)44-11-5-2-6-12-44/h1-34H. The number of nitrogens with zero attached hydrogens (tertiary/aromatic N) is 4. The summed E-state index contributed by atoms with van der Waals surface area (Å²) in [5.74, 6) is 0.700. The van der Waals surface area contributed by atoms with Crippen molar-refractivity contribution in [2.45, 2.75) is 0 Å². The van der Waals surface area contributed by atoms with Crippen molar-refractivity contribution in [2.75, 3.05) is 0 Å². The van der Waals surface area contributed by atoms with E-state index < -0.39 is 0 Å². The predicted octanol–water partition coefficient (Wildman–Crippen LogP) is 13.7. The van der Waals surface area contributed by atoms with Gasteiger partial charge in [0.05, 0.1) is 28.5 Å². The molecule has 0 unspecified atom stereocenters. The summed E-state index contributed by atoms with van der Waals surface area (Å²) >= 11 is 0. The van der Waals surface area contributed by atoms with Gasteiger partial charge in [-0.1, -0.05) is 158 Å². The largest absolute Gasteiger partial charge is 0.256 e. The minimum atomic E-state index is 0.624. The quantitative estimate of drug-likeness (QED) is 0.163. The molecule has 0 radical (unpaired) electrons. The number of fused-ring (bicyclic) bond motifs is 2. The van der Waals surface area contributed by atoms with Gasteiger partial charge in [-0.3, -0.25) is 4.98 Å². The van der Waals surface area contributed by atoms with Crippen molar-refractivity contribution in [1.29, 1.82) is 5.26 Å². The third-order valence-electron chi connectivity index (χ3n) is 10.7. The van der Waals surface area contributed by atoms with Crippen LogP contribution in [0.5, 0.6) is 0 Å². The van der Waals surface area contributed by atoms with E-state index in [1.807, 2.05) is 72.9 Å². The van der Waals surface area contributed by atoms with Gasteiger partial charge in [0.2, 0.25) is 0 Å². The maximum atomic E-state index is 10.1. The number of nitriles is 1. The smallest absolute Gasteiger partial charge is 0.160 e. The van der Waals surface area contributed by atoms with Crippen LogP contribution in [0, 0.1) is 11.3 Å². The number of para-hydroxylation sites is 1. The van der Waals surface area contributed by atoms with E-state index in [0.29, 0.717) is 11.4 Å². The van der Waals surface area contributed by atoms with Crippen LogP contribution in [0.2, 0.25) is 0 Å². The van der Waals surface area contributed by atoms with E-state index in [1.165, 1.54) is 0 Å². The molecule has 0 N–H and O–H groups in total. The highest BCUT2D eigenvalue weighted by Gasteiger charge is 2.13.